The second-order valence-corrected chi connectivity index (χ2v) is 5.12. The molecule has 0 bridgehead atoms. The van der Waals surface area contributed by atoms with Crippen LogP contribution >= 0.6 is 11.6 Å². The van der Waals surface area contributed by atoms with Gasteiger partial charge in [0.2, 0.25) is 0 Å². The predicted octanol–water partition coefficient (Wildman–Crippen LogP) is 4.20. The first kappa shape index (κ1) is 14.5. The highest BCUT2D eigenvalue weighted by Crippen LogP contribution is 2.26. The summed E-state index contributed by atoms with van der Waals surface area (Å²) in [6, 6.07) is 11.6. The smallest absolute Gasteiger partial charge is 0.311 e. The van der Waals surface area contributed by atoms with Crippen molar-refractivity contribution in [2.24, 2.45) is 0 Å². The van der Waals surface area contributed by atoms with E-state index in [1.807, 2.05) is 19.1 Å². The van der Waals surface area contributed by atoms with Crippen molar-refractivity contribution in [3.05, 3.63) is 70.0 Å². The van der Waals surface area contributed by atoms with Crippen molar-refractivity contribution in [3.63, 3.8) is 0 Å². The maximum absolute atomic E-state index is 13.8. The SMILES string of the molecule is Cc1ccccc1C(Cc1ccc(Cl)cc1F)C(=O)O. The molecule has 0 saturated carbocycles. The van der Waals surface area contributed by atoms with Crippen LogP contribution in [0.2, 0.25) is 5.02 Å². The number of aryl methyl sites for hydroxylation is 1. The van der Waals surface area contributed by atoms with E-state index in [0.29, 0.717) is 16.1 Å². The minimum Gasteiger partial charge on any atom is -0.481 e. The quantitative estimate of drug-likeness (QED) is 0.917. The average molecular weight is 293 g/mol. The van der Waals surface area contributed by atoms with Crippen LogP contribution in [-0.2, 0) is 11.2 Å². The fourth-order valence-electron chi connectivity index (χ4n) is 2.22. The number of carbonyl (C=O) groups is 1. The van der Waals surface area contributed by atoms with Crippen molar-refractivity contribution in [1.82, 2.24) is 0 Å². The Morgan fingerprint density at radius 3 is 2.60 bits per heavy atom. The molecule has 0 saturated heterocycles. The minimum atomic E-state index is -0.964. The van der Waals surface area contributed by atoms with Gasteiger partial charge in [0.25, 0.3) is 0 Å². The Hall–Kier alpha value is -1.87. The lowest BCUT2D eigenvalue weighted by Gasteiger charge is -2.15. The summed E-state index contributed by atoms with van der Waals surface area (Å²) in [5.41, 5.74) is 1.94. The Morgan fingerprint density at radius 2 is 2.00 bits per heavy atom. The molecule has 0 aliphatic carbocycles. The number of aliphatic carboxylic acids is 1. The van der Waals surface area contributed by atoms with Gasteiger partial charge in [-0.15, -0.1) is 0 Å². The third kappa shape index (κ3) is 3.17. The normalized spacial score (nSPS) is 12.2. The summed E-state index contributed by atoms with van der Waals surface area (Å²) in [5.74, 6) is -2.21. The van der Waals surface area contributed by atoms with Crippen LogP contribution in [0.25, 0.3) is 0 Å². The lowest BCUT2D eigenvalue weighted by molar-refractivity contribution is -0.138. The molecule has 0 spiro atoms. The maximum Gasteiger partial charge on any atom is 0.311 e. The molecule has 0 amide bonds. The molecule has 1 atom stereocenters. The molecule has 1 unspecified atom stereocenters. The molecule has 0 radical (unpaired) electrons. The molecule has 0 aliphatic rings. The highest BCUT2D eigenvalue weighted by molar-refractivity contribution is 6.30. The maximum atomic E-state index is 13.8. The summed E-state index contributed by atoms with van der Waals surface area (Å²) in [6.45, 7) is 1.85. The van der Waals surface area contributed by atoms with Crippen LogP contribution in [-0.4, -0.2) is 11.1 Å². The van der Waals surface area contributed by atoms with Gasteiger partial charge >= 0.3 is 5.97 Å². The molecule has 4 heteroatoms. The van der Waals surface area contributed by atoms with E-state index in [0.717, 1.165) is 5.56 Å². The highest BCUT2D eigenvalue weighted by atomic mass is 35.5. The van der Waals surface area contributed by atoms with E-state index in [1.54, 1.807) is 18.2 Å². The molecule has 0 aromatic heterocycles. The van der Waals surface area contributed by atoms with Gasteiger partial charge in [0.15, 0.2) is 0 Å². The van der Waals surface area contributed by atoms with Gasteiger partial charge in [-0.3, -0.25) is 4.79 Å². The van der Waals surface area contributed by atoms with Crippen LogP contribution in [0.5, 0.6) is 0 Å². The Labute approximate surface area is 121 Å². The summed E-state index contributed by atoms with van der Waals surface area (Å²) in [6.07, 6.45) is 0.100. The number of halogens is 2. The third-order valence-corrected chi connectivity index (χ3v) is 3.54. The van der Waals surface area contributed by atoms with E-state index < -0.39 is 17.7 Å². The van der Waals surface area contributed by atoms with Gasteiger partial charge in [-0.25, -0.2) is 4.39 Å². The van der Waals surface area contributed by atoms with Crippen LogP contribution in [0.15, 0.2) is 42.5 Å². The van der Waals surface area contributed by atoms with Crippen molar-refractivity contribution in [1.29, 1.82) is 0 Å². The van der Waals surface area contributed by atoms with Crippen molar-refractivity contribution >= 4 is 17.6 Å². The predicted molar refractivity (Wildman–Crippen MR) is 76.7 cm³/mol. The van der Waals surface area contributed by atoms with Crippen LogP contribution < -0.4 is 0 Å². The van der Waals surface area contributed by atoms with Gasteiger partial charge in [-0.1, -0.05) is 41.9 Å². The number of carboxylic acids is 1. The zero-order chi connectivity index (χ0) is 14.7. The van der Waals surface area contributed by atoms with Crippen LogP contribution in [0.4, 0.5) is 4.39 Å². The fourth-order valence-corrected chi connectivity index (χ4v) is 2.37. The summed E-state index contributed by atoms with van der Waals surface area (Å²) in [5, 5.41) is 9.71. The molecule has 0 heterocycles. The van der Waals surface area contributed by atoms with Gasteiger partial charge in [0, 0.05) is 5.02 Å². The largest absolute Gasteiger partial charge is 0.481 e. The molecular weight excluding hydrogens is 279 g/mol. The van der Waals surface area contributed by atoms with E-state index >= 15 is 0 Å². The van der Waals surface area contributed by atoms with Crippen molar-refractivity contribution in [2.75, 3.05) is 0 Å². The van der Waals surface area contributed by atoms with Crippen molar-refractivity contribution in [2.45, 2.75) is 19.3 Å². The van der Waals surface area contributed by atoms with E-state index in [1.165, 1.54) is 12.1 Å². The molecule has 2 aromatic rings. The van der Waals surface area contributed by atoms with E-state index in [-0.39, 0.29) is 6.42 Å². The standard InChI is InChI=1S/C16H14ClFO2/c1-10-4-2-3-5-13(10)14(16(19)20)8-11-6-7-12(17)9-15(11)18/h2-7,9,14H,8H2,1H3,(H,19,20). The summed E-state index contributed by atoms with van der Waals surface area (Å²) >= 11 is 5.70. The Balaban J connectivity index is 2.36. The van der Waals surface area contributed by atoms with Gasteiger partial charge in [0.1, 0.15) is 5.82 Å². The van der Waals surface area contributed by atoms with Crippen molar-refractivity contribution in [3.8, 4) is 0 Å². The van der Waals surface area contributed by atoms with Gasteiger partial charge in [-0.05, 0) is 42.2 Å². The van der Waals surface area contributed by atoms with Crippen LogP contribution in [0, 0.1) is 12.7 Å². The first-order chi connectivity index (χ1) is 9.49. The number of hydrogen-bond acceptors (Lipinski definition) is 1. The molecule has 0 fully saturated rings. The molecular formula is C16H14ClFO2. The van der Waals surface area contributed by atoms with Crippen molar-refractivity contribution < 1.29 is 14.3 Å². The molecule has 2 rings (SSSR count). The number of benzene rings is 2. The molecule has 104 valence electrons. The summed E-state index contributed by atoms with van der Waals surface area (Å²) in [7, 11) is 0. The molecule has 0 aliphatic heterocycles. The average Bonchev–Trinajstić information content (AvgIpc) is 2.39. The zero-order valence-corrected chi connectivity index (χ0v) is 11.7. The van der Waals surface area contributed by atoms with Gasteiger partial charge in [-0.2, -0.15) is 0 Å². The summed E-state index contributed by atoms with van der Waals surface area (Å²) in [4.78, 5) is 11.5. The molecule has 1 N–H and O–H groups in total. The van der Waals surface area contributed by atoms with Gasteiger partial charge < -0.3 is 5.11 Å². The monoisotopic (exact) mass is 292 g/mol. The van der Waals surface area contributed by atoms with E-state index in [4.69, 9.17) is 11.6 Å². The number of rotatable bonds is 4. The number of carboxylic acid groups (broad SMARTS) is 1. The first-order valence-corrected chi connectivity index (χ1v) is 6.59. The lowest BCUT2D eigenvalue weighted by atomic mass is 9.89. The van der Waals surface area contributed by atoms with Gasteiger partial charge in [0.05, 0.1) is 5.92 Å². The minimum absolute atomic E-state index is 0.100. The molecule has 2 aromatic carbocycles. The number of hydrogen-bond donors (Lipinski definition) is 1. The van der Waals surface area contributed by atoms with E-state index in [9.17, 15) is 14.3 Å². The second-order valence-electron chi connectivity index (χ2n) is 4.69. The Morgan fingerprint density at radius 1 is 1.30 bits per heavy atom. The first-order valence-electron chi connectivity index (χ1n) is 6.21. The van der Waals surface area contributed by atoms with Crippen LogP contribution in [0.1, 0.15) is 22.6 Å². The topological polar surface area (TPSA) is 37.3 Å². The second kappa shape index (κ2) is 6.06. The highest BCUT2D eigenvalue weighted by Gasteiger charge is 2.23. The third-order valence-electron chi connectivity index (χ3n) is 3.30. The lowest BCUT2D eigenvalue weighted by Crippen LogP contribution is -2.16. The Bertz CT molecular complexity index is 640. The summed E-state index contributed by atoms with van der Waals surface area (Å²) < 4.78 is 13.8. The Kier molecular flexibility index (Phi) is 4.40. The zero-order valence-electron chi connectivity index (χ0n) is 10.9. The van der Waals surface area contributed by atoms with Crippen LogP contribution in [0.3, 0.4) is 0 Å². The molecule has 20 heavy (non-hydrogen) atoms. The fraction of sp³-hybridized carbons (Fsp3) is 0.188. The molecule has 2 nitrogen and oxygen atoms in total. The van der Waals surface area contributed by atoms with E-state index in [2.05, 4.69) is 0 Å².